The van der Waals surface area contributed by atoms with E-state index in [0.29, 0.717) is 32.0 Å². The molecule has 4 rings (SSSR count). The first-order valence-corrected chi connectivity index (χ1v) is 13.5. The molecule has 0 unspecified atom stereocenters. The molecule has 0 radical (unpaired) electrons. The molecule has 3 aromatic heterocycles. The molecule has 0 aliphatic rings. The van der Waals surface area contributed by atoms with E-state index in [1.54, 1.807) is 13.8 Å². The first-order chi connectivity index (χ1) is 17.3. The van der Waals surface area contributed by atoms with Crippen molar-refractivity contribution in [1.82, 2.24) is 24.7 Å². The Balaban J connectivity index is 0.00000380. The van der Waals surface area contributed by atoms with E-state index >= 15 is 0 Å². The average molecular weight is 559 g/mol. The highest BCUT2D eigenvalue weighted by molar-refractivity contribution is 8.03. The van der Waals surface area contributed by atoms with Gasteiger partial charge in [0.1, 0.15) is 4.75 Å². The lowest BCUT2D eigenvalue weighted by atomic mass is 10.2. The number of aryl methyl sites for hydroxylation is 1. The number of aromatic nitrogens is 5. The normalized spacial score (nSPS) is 11.2. The molecule has 0 saturated heterocycles. The zero-order valence-electron chi connectivity index (χ0n) is 21.1. The van der Waals surface area contributed by atoms with Gasteiger partial charge in [-0.15, -0.1) is 23.7 Å². The lowest BCUT2D eigenvalue weighted by molar-refractivity contribution is -0.138. The number of carbonyl (C=O) groups is 1. The van der Waals surface area contributed by atoms with Crippen molar-refractivity contribution in [1.29, 1.82) is 0 Å². The molecule has 0 bridgehead atoms. The van der Waals surface area contributed by atoms with Gasteiger partial charge in [-0.2, -0.15) is 5.10 Å². The topological polar surface area (TPSA) is 97.0 Å². The van der Waals surface area contributed by atoms with Gasteiger partial charge >= 0.3 is 5.97 Å². The van der Waals surface area contributed by atoms with Crippen LogP contribution in [0.15, 0.2) is 64.8 Å². The summed E-state index contributed by atoms with van der Waals surface area (Å²) in [6, 6.07) is 10.3. The predicted molar refractivity (Wildman–Crippen MR) is 151 cm³/mol. The third kappa shape index (κ3) is 8.02. The fourth-order valence-electron chi connectivity index (χ4n) is 3.47. The summed E-state index contributed by atoms with van der Waals surface area (Å²) in [6.07, 6.45) is 9.29. The smallest absolute Gasteiger partial charge is 0.319 e. The SMILES string of the molecule is CCc1cnc(N(CCc2csc(SC(C)(C)C(=O)O)n2)Cc2cnn(Cc3ccccc3)c2)nc1.Cl. The third-order valence-electron chi connectivity index (χ3n) is 5.66. The van der Waals surface area contributed by atoms with Crippen LogP contribution in [0.4, 0.5) is 5.95 Å². The molecule has 0 aliphatic heterocycles. The van der Waals surface area contributed by atoms with Crippen molar-refractivity contribution in [2.24, 2.45) is 0 Å². The number of thiazole rings is 1. The molecule has 0 aliphatic carbocycles. The molecule has 0 atom stereocenters. The molecule has 1 N–H and O–H groups in total. The van der Waals surface area contributed by atoms with E-state index in [2.05, 4.69) is 50.2 Å². The molecule has 0 fully saturated rings. The van der Waals surface area contributed by atoms with Gasteiger partial charge in [0.2, 0.25) is 5.95 Å². The molecule has 8 nitrogen and oxygen atoms in total. The van der Waals surface area contributed by atoms with Crippen LogP contribution >= 0.6 is 35.5 Å². The minimum absolute atomic E-state index is 0. The van der Waals surface area contributed by atoms with E-state index < -0.39 is 10.7 Å². The van der Waals surface area contributed by atoms with Crippen LogP contribution in [0.3, 0.4) is 0 Å². The lowest BCUT2D eigenvalue weighted by Crippen LogP contribution is -2.27. The molecule has 0 spiro atoms. The summed E-state index contributed by atoms with van der Waals surface area (Å²) < 4.78 is 1.78. The number of anilines is 1. The van der Waals surface area contributed by atoms with E-state index in [9.17, 15) is 9.90 Å². The Morgan fingerprint density at radius 2 is 1.84 bits per heavy atom. The van der Waals surface area contributed by atoms with Crippen LogP contribution in [0.1, 0.15) is 43.2 Å². The number of hydrogen-bond acceptors (Lipinski definition) is 8. The van der Waals surface area contributed by atoms with E-state index in [1.807, 2.05) is 46.9 Å². The van der Waals surface area contributed by atoms with Crippen molar-refractivity contribution in [3.05, 3.63) is 82.9 Å². The highest BCUT2D eigenvalue weighted by atomic mass is 35.5. The Hall–Kier alpha value is -2.95. The quantitative estimate of drug-likeness (QED) is 0.232. The van der Waals surface area contributed by atoms with E-state index in [1.165, 1.54) is 28.7 Å². The van der Waals surface area contributed by atoms with Gasteiger partial charge in [-0.25, -0.2) is 15.0 Å². The van der Waals surface area contributed by atoms with Crippen LogP contribution in [-0.4, -0.2) is 47.1 Å². The summed E-state index contributed by atoms with van der Waals surface area (Å²) in [5.41, 5.74) is 4.30. The minimum Gasteiger partial charge on any atom is -0.480 e. The number of benzene rings is 1. The van der Waals surface area contributed by atoms with E-state index in [4.69, 9.17) is 0 Å². The molecular formula is C26H31ClN6O2S2. The largest absolute Gasteiger partial charge is 0.480 e. The van der Waals surface area contributed by atoms with Crippen LogP contribution in [0.5, 0.6) is 0 Å². The molecule has 3 heterocycles. The number of nitrogens with zero attached hydrogens (tertiary/aromatic N) is 6. The number of carboxylic acids is 1. The van der Waals surface area contributed by atoms with E-state index in [-0.39, 0.29) is 12.4 Å². The van der Waals surface area contributed by atoms with Gasteiger partial charge in [-0.05, 0) is 31.4 Å². The van der Waals surface area contributed by atoms with Crippen LogP contribution in [-0.2, 0) is 30.7 Å². The minimum atomic E-state index is -0.921. The van der Waals surface area contributed by atoms with Gasteiger partial charge in [-0.1, -0.05) is 49.0 Å². The second kappa shape index (κ2) is 13.0. The monoisotopic (exact) mass is 558 g/mol. The molecule has 11 heteroatoms. The maximum atomic E-state index is 11.5. The van der Waals surface area contributed by atoms with Crippen molar-refractivity contribution in [3.63, 3.8) is 0 Å². The molecule has 0 saturated carbocycles. The summed E-state index contributed by atoms with van der Waals surface area (Å²) >= 11 is 2.75. The second-order valence-electron chi connectivity index (χ2n) is 8.97. The number of rotatable bonds is 12. The zero-order valence-corrected chi connectivity index (χ0v) is 23.5. The average Bonchev–Trinajstić information content (AvgIpc) is 3.51. The summed E-state index contributed by atoms with van der Waals surface area (Å²) in [7, 11) is 0. The molecular weight excluding hydrogens is 528 g/mol. The Bertz CT molecular complexity index is 1280. The second-order valence-corrected chi connectivity index (χ2v) is 11.7. The van der Waals surface area contributed by atoms with Crippen molar-refractivity contribution >= 4 is 47.4 Å². The van der Waals surface area contributed by atoms with Gasteiger partial charge in [0.05, 0.1) is 18.4 Å². The molecule has 37 heavy (non-hydrogen) atoms. The van der Waals surface area contributed by atoms with Crippen LogP contribution in [0.25, 0.3) is 0 Å². The molecule has 4 aromatic rings. The highest BCUT2D eigenvalue weighted by Gasteiger charge is 2.29. The Morgan fingerprint density at radius 1 is 1.11 bits per heavy atom. The van der Waals surface area contributed by atoms with Gasteiger partial charge in [0, 0.05) is 49.0 Å². The van der Waals surface area contributed by atoms with E-state index in [0.717, 1.165) is 27.6 Å². The molecule has 1 aromatic carbocycles. The number of hydrogen-bond donors (Lipinski definition) is 1. The highest BCUT2D eigenvalue weighted by Crippen LogP contribution is 2.34. The van der Waals surface area contributed by atoms with Gasteiger partial charge in [0.25, 0.3) is 0 Å². The summed E-state index contributed by atoms with van der Waals surface area (Å²) in [4.78, 5) is 27.5. The number of carboxylic acid groups (broad SMARTS) is 1. The van der Waals surface area contributed by atoms with Crippen molar-refractivity contribution in [2.75, 3.05) is 11.4 Å². The number of aliphatic carboxylic acids is 1. The van der Waals surface area contributed by atoms with Crippen LogP contribution < -0.4 is 4.90 Å². The fraction of sp³-hybridized carbons (Fsp3) is 0.346. The first kappa shape index (κ1) is 28.6. The Kier molecular flexibility index (Phi) is 10.1. The summed E-state index contributed by atoms with van der Waals surface area (Å²) in [5.74, 6) is -0.184. The van der Waals surface area contributed by atoms with Crippen molar-refractivity contribution in [3.8, 4) is 0 Å². The zero-order chi connectivity index (χ0) is 25.5. The lowest BCUT2D eigenvalue weighted by Gasteiger charge is -2.21. The van der Waals surface area contributed by atoms with Crippen molar-refractivity contribution in [2.45, 2.75) is 55.8 Å². The maximum absolute atomic E-state index is 11.5. The van der Waals surface area contributed by atoms with Crippen LogP contribution in [0, 0.1) is 0 Å². The molecule has 196 valence electrons. The summed E-state index contributed by atoms with van der Waals surface area (Å²) in [6.45, 7) is 7.48. The van der Waals surface area contributed by atoms with Gasteiger partial charge in [0.15, 0.2) is 4.34 Å². The standard InChI is InChI=1S/C26H30N6O2S2.ClH/c1-4-19-12-27-24(28-13-19)31(11-10-22-18-35-25(30-22)36-26(2,3)23(33)34)15-21-14-29-32(17-21)16-20-8-6-5-7-9-20;/h5-9,12-14,17-18H,4,10-11,15-16H2,1-3H3,(H,33,34);1H. The molecule has 0 amide bonds. The van der Waals surface area contributed by atoms with Crippen molar-refractivity contribution < 1.29 is 9.90 Å². The fourth-order valence-corrected chi connectivity index (χ4v) is 5.70. The number of halogens is 1. The Labute approximate surface area is 231 Å². The van der Waals surface area contributed by atoms with Gasteiger partial charge in [-0.3, -0.25) is 9.48 Å². The Morgan fingerprint density at radius 3 is 2.51 bits per heavy atom. The van der Waals surface area contributed by atoms with Gasteiger partial charge < -0.3 is 10.0 Å². The summed E-state index contributed by atoms with van der Waals surface area (Å²) in [5, 5.41) is 15.9. The maximum Gasteiger partial charge on any atom is 0.319 e. The predicted octanol–water partition coefficient (Wildman–Crippen LogP) is 5.37. The van der Waals surface area contributed by atoms with Crippen LogP contribution in [0.2, 0.25) is 0 Å². The first-order valence-electron chi connectivity index (χ1n) is 11.8. The third-order valence-corrected chi connectivity index (χ3v) is 7.83. The number of thioether (sulfide) groups is 1.